The third-order valence-electron chi connectivity index (χ3n) is 4.44. The molecule has 0 aliphatic heterocycles. The molecule has 3 rings (SSSR count). The third-order valence-corrected chi connectivity index (χ3v) is 4.84. The number of aryl methyl sites for hydroxylation is 3. The van der Waals surface area contributed by atoms with E-state index in [1.165, 1.54) is 16.5 Å². The highest BCUT2D eigenvalue weighted by Gasteiger charge is 2.11. The van der Waals surface area contributed by atoms with Crippen molar-refractivity contribution in [3.63, 3.8) is 0 Å². The number of nitrogens with zero attached hydrogens (tertiary/aromatic N) is 4. The van der Waals surface area contributed by atoms with E-state index in [0.717, 1.165) is 30.6 Å². The Labute approximate surface area is 173 Å². The number of halogens is 1. The van der Waals surface area contributed by atoms with E-state index in [4.69, 9.17) is 16.3 Å². The van der Waals surface area contributed by atoms with E-state index in [1.54, 1.807) is 23.0 Å². The van der Waals surface area contributed by atoms with Crippen molar-refractivity contribution in [2.75, 3.05) is 0 Å². The number of aromatic nitrogens is 4. The molecule has 0 fully saturated rings. The number of hydrogen-bond donors (Lipinski definition) is 0. The average Bonchev–Trinajstić information content (AvgIpc) is 2.96. The summed E-state index contributed by atoms with van der Waals surface area (Å²) in [5.41, 5.74) is 3.07. The van der Waals surface area contributed by atoms with Crippen molar-refractivity contribution in [3.8, 4) is 0 Å². The molecule has 152 valence electrons. The largest absolute Gasteiger partial charge is 0.456 e. The number of carbonyl (C=O) groups excluding carboxylic acids is 1. The summed E-state index contributed by atoms with van der Waals surface area (Å²) < 4.78 is 8.42. The molecule has 0 saturated carbocycles. The van der Waals surface area contributed by atoms with Crippen molar-refractivity contribution >= 4 is 29.3 Å². The number of fused-ring (bicyclic) bond motifs is 1. The second-order valence-corrected chi connectivity index (χ2v) is 7.19. The van der Waals surface area contributed by atoms with E-state index in [9.17, 15) is 9.59 Å². The van der Waals surface area contributed by atoms with Gasteiger partial charge in [0.25, 0.3) is 5.56 Å². The third kappa shape index (κ3) is 4.92. The summed E-state index contributed by atoms with van der Waals surface area (Å²) >= 11 is 6.36. The summed E-state index contributed by atoms with van der Waals surface area (Å²) in [6.07, 6.45) is 6.64. The van der Waals surface area contributed by atoms with Crippen LogP contribution in [0.1, 0.15) is 42.3 Å². The first-order chi connectivity index (χ1) is 13.9. The monoisotopic (exact) mass is 414 g/mol. The highest BCUT2D eigenvalue weighted by atomic mass is 35.5. The fourth-order valence-corrected chi connectivity index (χ4v) is 3.21. The lowest BCUT2D eigenvalue weighted by Gasteiger charge is -2.05. The Bertz CT molecular complexity index is 1130. The predicted octanol–water partition coefficient (Wildman–Crippen LogP) is 3.72. The second kappa shape index (κ2) is 9.05. The minimum atomic E-state index is -0.548. The summed E-state index contributed by atoms with van der Waals surface area (Å²) in [7, 11) is 0. The zero-order valence-corrected chi connectivity index (χ0v) is 17.4. The number of pyridine rings is 1. The first-order valence-electron chi connectivity index (χ1n) is 9.45. The lowest BCUT2D eigenvalue weighted by Crippen LogP contribution is -2.16. The lowest BCUT2D eigenvalue weighted by atomic mass is 10.2. The molecule has 0 atom stereocenters. The Morgan fingerprint density at radius 3 is 2.86 bits per heavy atom. The van der Waals surface area contributed by atoms with Crippen LogP contribution in [0.25, 0.3) is 11.7 Å². The molecule has 0 spiro atoms. The summed E-state index contributed by atoms with van der Waals surface area (Å²) in [6, 6.07) is 4.98. The van der Waals surface area contributed by atoms with Crippen LogP contribution < -0.4 is 5.56 Å². The first-order valence-corrected chi connectivity index (χ1v) is 9.83. The molecule has 3 aromatic heterocycles. The number of ether oxygens (including phenoxy) is 1. The van der Waals surface area contributed by atoms with Gasteiger partial charge in [0, 0.05) is 30.4 Å². The van der Waals surface area contributed by atoms with Crippen molar-refractivity contribution in [1.82, 2.24) is 19.2 Å². The van der Waals surface area contributed by atoms with Gasteiger partial charge in [0.1, 0.15) is 17.4 Å². The molecule has 7 nitrogen and oxygen atoms in total. The van der Waals surface area contributed by atoms with Crippen LogP contribution in [0.5, 0.6) is 0 Å². The van der Waals surface area contributed by atoms with Crippen LogP contribution in [-0.2, 0) is 22.7 Å². The van der Waals surface area contributed by atoms with Gasteiger partial charge in [0.05, 0.1) is 11.4 Å². The van der Waals surface area contributed by atoms with Crippen LogP contribution in [0, 0.1) is 13.8 Å². The van der Waals surface area contributed by atoms with E-state index < -0.39 is 5.97 Å². The van der Waals surface area contributed by atoms with Gasteiger partial charge in [-0.05, 0) is 38.0 Å². The summed E-state index contributed by atoms with van der Waals surface area (Å²) in [4.78, 5) is 28.7. The molecule has 0 unspecified atom stereocenters. The van der Waals surface area contributed by atoms with E-state index >= 15 is 0 Å². The molecule has 0 amide bonds. The maximum absolute atomic E-state index is 12.2. The van der Waals surface area contributed by atoms with Crippen LogP contribution in [0.4, 0.5) is 0 Å². The Morgan fingerprint density at radius 1 is 1.31 bits per heavy atom. The van der Waals surface area contributed by atoms with E-state index in [2.05, 4.69) is 17.0 Å². The maximum Gasteiger partial charge on any atom is 0.331 e. The summed E-state index contributed by atoms with van der Waals surface area (Å²) in [6.45, 7) is 6.48. The minimum absolute atomic E-state index is 0.0920. The molecule has 0 radical (unpaired) electrons. The normalized spacial score (nSPS) is 11.4. The van der Waals surface area contributed by atoms with Crippen LogP contribution in [-0.4, -0.2) is 25.1 Å². The van der Waals surface area contributed by atoms with Gasteiger partial charge in [0.15, 0.2) is 0 Å². The van der Waals surface area contributed by atoms with Crippen molar-refractivity contribution in [2.45, 2.75) is 46.8 Å². The van der Waals surface area contributed by atoms with Gasteiger partial charge in [0.2, 0.25) is 0 Å². The molecular weight excluding hydrogens is 392 g/mol. The molecule has 3 aromatic rings. The molecule has 0 aromatic carbocycles. The van der Waals surface area contributed by atoms with Gasteiger partial charge < -0.3 is 4.74 Å². The summed E-state index contributed by atoms with van der Waals surface area (Å²) in [5, 5.41) is 4.90. The summed E-state index contributed by atoms with van der Waals surface area (Å²) in [5.74, 6) is -0.548. The zero-order chi connectivity index (χ0) is 21.0. The molecule has 0 N–H and O–H groups in total. The number of rotatable bonds is 7. The Kier molecular flexibility index (Phi) is 6.49. The standard InChI is InChI=1S/C21H23ClN4O3/c1-4-5-10-26-21(22)17(15(3)24-26)7-9-20(28)29-13-16-11-19(27)25-12-14(2)6-8-18(25)23-16/h6-9,11-12H,4-5,10,13H2,1-3H3/b9-7+. The quantitative estimate of drug-likeness (QED) is 0.435. The minimum Gasteiger partial charge on any atom is -0.456 e. The fraction of sp³-hybridized carbons (Fsp3) is 0.333. The van der Waals surface area contributed by atoms with Crippen molar-refractivity contribution in [2.24, 2.45) is 0 Å². The highest BCUT2D eigenvalue weighted by molar-refractivity contribution is 6.31. The van der Waals surface area contributed by atoms with Crippen LogP contribution in [0.15, 0.2) is 35.3 Å². The van der Waals surface area contributed by atoms with Crippen molar-refractivity contribution in [3.05, 3.63) is 68.5 Å². The highest BCUT2D eigenvalue weighted by Crippen LogP contribution is 2.21. The smallest absolute Gasteiger partial charge is 0.331 e. The SMILES string of the molecule is CCCCn1nc(C)c(/C=C/C(=O)OCc2cc(=O)n3cc(C)ccc3n2)c1Cl. The molecule has 0 aliphatic rings. The van der Waals surface area contributed by atoms with E-state index in [1.807, 2.05) is 19.9 Å². The molecule has 3 heterocycles. The molecule has 0 saturated heterocycles. The van der Waals surface area contributed by atoms with Gasteiger partial charge >= 0.3 is 5.97 Å². The van der Waals surface area contributed by atoms with Gasteiger partial charge in [-0.15, -0.1) is 0 Å². The zero-order valence-electron chi connectivity index (χ0n) is 16.7. The number of carbonyl (C=O) groups is 1. The number of unbranched alkanes of at least 4 members (excludes halogenated alkanes) is 1. The fourth-order valence-electron chi connectivity index (χ4n) is 2.89. The van der Waals surface area contributed by atoms with Gasteiger partial charge in [-0.1, -0.05) is 31.0 Å². The molecule has 29 heavy (non-hydrogen) atoms. The van der Waals surface area contributed by atoms with Crippen LogP contribution in [0.3, 0.4) is 0 Å². The van der Waals surface area contributed by atoms with Crippen molar-refractivity contribution < 1.29 is 9.53 Å². The molecular formula is C21H23ClN4O3. The molecule has 0 aliphatic carbocycles. The number of hydrogen-bond acceptors (Lipinski definition) is 5. The van der Waals surface area contributed by atoms with Crippen LogP contribution >= 0.6 is 11.6 Å². The molecule has 0 bridgehead atoms. The Balaban J connectivity index is 1.67. The van der Waals surface area contributed by atoms with E-state index in [-0.39, 0.29) is 12.2 Å². The molecule has 8 heteroatoms. The average molecular weight is 415 g/mol. The van der Waals surface area contributed by atoms with Crippen LogP contribution in [0.2, 0.25) is 5.15 Å². The van der Waals surface area contributed by atoms with Gasteiger partial charge in [-0.25, -0.2) is 9.78 Å². The number of esters is 1. The van der Waals surface area contributed by atoms with Crippen molar-refractivity contribution in [1.29, 1.82) is 0 Å². The Hall–Kier alpha value is -2.93. The van der Waals surface area contributed by atoms with Gasteiger partial charge in [-0.2, -0.15) is 5.10 Å². The topological polar surface area (TPSA) is 78.5 Å². The Morgan fingerprint density at radius 2 is 2.10 bits per heavy atom. The first kappa shape index (κ1) is 20.8. The lowest BCUT2D eigenvalue weighted by molar-refractivity contribution is -0.139. The second-order valence-electron chi connectivity index (χ2n) is 6.83. The van der Waals surface area contributed by atoms with Gasteiger partial charge in [-0.3, -0.25) is 13.9 Å². The van der Waals surface area contributed by atoms with E-state index in [0.29, 0.717) is 22.1 Å². The predicted molar refractivity (Wildman–Crippen MR) is 112 cm³/mol. The maximum atomic E-state index is 12.2.